The number of rotatable bonds is 8. The van der Waals surface area contributed by atoms with E-state index in [-0.39, 0.29) is 17.9 Å². The number of pyridine rings is 1. The average Bonchev–Trinajstić information content (AvgIpc) is 2.51. The SMILES string of the molecule is CCC(C)Oc1cc(CNC(=O)C(N)C(C)CC)ccn1. The molecule has 3 N–H and O–H groups in total. The van der Waals surface area contributed by atoms with Gasteiger partial charge in [-0.25, -0.2) is 4.98 Å². The molecule has 1 rings (SSSR count). The summed E-state index contributed by atoms with van der Waals surface area (Å²) in [5.41, 5.74) is 6.85. The second-order valence-electron chi connectivity index (χ2n) is 5.47. The van der Waals surface area contributed by atoms with E-state index in [4.69, 9.17) is 10.5 Å². The van der Waals surface area contributed by atoms with Crippen LogP contribution in [0.25, 0.3) is 0 Å². The fraction of sp³-hybridized carbons (Fsp3) is 0.625. The number of nitrogens with two attached hydrogens (primary N) is 1. The molecule has 0 aliphatic rings. The lowest BCUT2D eigenvalue weighted by Gasteiger charge is -2.18. The number of carbonyl (C=O) groups is 1. The van der Waals surface area contributed by atoms with Crippen molar-refractivity contribution in [3.05, 3.63) is 23.9 Å². The fourth-order valence-corrected chi connectivity index (χ4v) is 1.73. The molecule has 0 spiro atoms. The summed E-state index contributed by atoms with van der Waals surface area (Å²) in [6.45, 7) is 8.50. The van der Waals surface area contributed by atoms with Crippen molar-refractivity contribution in [1.82, 2.24) is 10.3 Å². The van der Waals surface area contributed by atoms with Gasteiger partial charge in [-0.15, -0.1) is 0 Å². The van der Waals surface area contributed by atoms with Gasteiger partial charge in [0.1, 0.15) is 0 Å². The Balaban J connectivity index is 2.55. The maximum atomic E-state index is 11.9. The lowest BCUT2D eigenvalue weighted by Crippen LogP contribution is -2.44. The van der Waals surface area contributed by atoms with E-state index in [0.29, 0.717) is 12.4 Å². The number of ether oxygens (including phenoxy) is 1. The van der Waals surface area contributed by atoms with E-state index in [2.05, 4.69) is 17.2 Å². The maximum absolute atomic E-state index is 11.9. The molecule has 0 aliphatic carbocycles. The third-order valence-electron chi connectivity index (χ3n) is 3.72. The lowest BCUT2D eigenvalue weighted by atomic mass is 9.99. The van der Waals surface area contributed by atoms with Crippen molar-refractivity contribution >= 4 is 5.91 Å². The highest BCUT2D eigenvalue weighted by Crippen LogP contribution is 2.12. The number of hydrogen-bond donors (Lipinski definition) is 2. The van der Waals surface area contributed by atoms with E-state index in [9.17, 15) is 4.79 Å². The van der Waals surface area contributed by atoms with Crippen LogP contribution in [0.15, 0.2) is 18.3 Å². The Bertz CT molecular complexity index is 451. The highest BCUT2D eigenvalue weighted by atomic mass is 16.5. The van der Waals surface area contributed by atoms with Gasteiger partial charge in [-0.1, -0.05) is 27.2 Å². The first-order valence-electron chi connectivity index (χ1n) is 7.62. The molecule has 118 valence electrons. The molecule has 1 amide bonds. The highest BCUT2D eigenvalue weighted by Gasteiger charge is 2.18. The molecule has 1 aromatic rings. The summed E-state index contributed by atoms with van der Waals surface area (Å²) < 4.78 is 5.67. The first-order valence-corrected chi connectivity index (χ1v) is 7.62. The fourth-order valence-electron chi connectivity index (χ4n) is 1.73. The molecule has 5 heteroatoms. The second-order valence-corrected chi connectivity index (χ2v) is 5.47. The van der Waals surface area contributed by atoms with E-state index in [1.807, 2.05) is 32.9 Å². The third-order valence-corrected chi connectivity index (χ3v) is 3.72. The summed E-state index contributed by atoms with van der Waals surface area (Å²) in [6, 6.07) is 3.24. The number of nitrogens with zero attached hydrogens (tertiary/aromatic N) is 1. The minimum atomic E-state index is -0.465. The minimum Gasteiger partial charge on any atom is -0.475 e. The largest absolute Gasteiger partial charge is 0.475 e. The number of hydrogen-bond acceptors (Lipinski definition) is 4. The first kappa shape index (κ1) is 17.4. The van der Waals surface area contributed by atoms with Gasteiger partial charge in [-0.05, 0) is 30.9 Å². The number of aromatic nitrogens is 1. The molecule has 0 fully saturated rings. The minimum absolute atomic E-state index is 0.120. The molecule has 3 atom stereocenters. The van der Waals surface area contributed by atoms with Crippen LogP contribution in [0, 0.1) is 5.92 Å². The molecule has 5 nitrogen and oxygen atoms in total. The summed E-state index contributed by atoms with van der Waals surface area (Å²) in [5.74, 6) is 0.639. The summed E-state index contributed by atoms with van der Waals surface area (Å²) in [5, 5.41) is 2.86. The lowest BCUT2D eigenvalue weighted by molar-refractivity contribution is -0.123. The normalized spacial score (nSPS) is 15.1. The smallest absolute Gasteiger partial charge is 0.237 e. The van der Waals surface area contributed by atoms with Crippen molar-refractivity contribution in [2.45, 2.75) is 59.2 Å². The number of nitrogens with one attached hydrogen (secondary N) is 1. The Morgan fingerprint density at radius 3 is 2.71 bits per heavy atom. The summed E-state index contributed by atoms with van der Waals surface area (Å²) in [7, 11) is 0. The molecule has 1 aromatic heterocycles. The van der Waals surface area contributed by atoms with E-state index in [1.165, 1.54) is 0 Å². The van der Waals surface area contributed by atoms with Gasteiger partial charge in [-0.3, -0.25) is 4.79 Å². The zero-order valence-corrected chi connectivity index (χ0v) is 13.4. The van der Waals surface area contributed by atoms with Crippen molar-refractivity contribution < 1.29 is 9.53 Å². The molecule has 3 unspecified atom stereocenters. The van der Waals surface area contributed by atoms with Crippen molar-refractivity contribution in [3.63, 3.8) is 0 Å². The van der Waals surface area contributed by atoms with Crippen molar-refractivity contribution in [2.24, 2.45) is 11.7 Å². The number of carbonyl (C=O) groups excluding carboxylic acids is 1. The van der Waals surface area contributed by atoms with Crippen LogP contribution >= 0.6 is 0 Å². The summed E-state index contributed by atoms with van der Waals surface area (Å²) in [4.78, 5) is 16.1. The van der Waals surface area contributed by atoms with Gasteiger partial charge in [0.2, 0.25) is 11.8 Å². The highest BCUT2D eigenvalue weighted by molar-refractivity contribution is 5.81. The maximum Gasteiger partial charge on any atom is 0.237 e. The molecular weight excluding hydrogens is 266 g/mol. The number of amides is 1. The van der Waals surface area contributed by atoms with E-state index < -0.39 is 6.04 Å². The molecule has 1 heterocycles. The van der Waals surface area contributed by atoms with Crippen LogP contribution in [0.5, 0.6) is 5.88 Å². The Kier molecular flexibility index (Phi) is 7.15. The van der Waals surface area contributed by atoms with Crippen molar-refractivity contribution in [2.75, 3.05) is 0 Å². The van der Waals surface area contributed by atoms with Gasteiger partial charge in [0.05, 0.1) is 12.1 Å². The standard InChI is InChI=1S/C16H27N3O2/c1-5-11(3)15(17)16(20)19-10-13-7-8-18-14(9-13)21-12(4)6-2/h7-9,11-12,15H,5-6,10,17H2,1-4H3,(H,19,20). The van der Waals surface area contributed by atoms with Gasteiger partial charge in [0.15, 0.2) is 0 Å². The van der Waals surface area contributed by atoms with Crippen LogP contribution in [0.3, 0.4) is 0 Å². The molecule has 0 aliphatic heterocycles. The topological polar surface area (TPSA) is 77.2 Å². The molecule has 0 bridgehead atoms. The Labute approximate surface area is 127 Å². The van der Waals surface area contributed by atoms with E-state index in [0.717, 1.165) is 18.4 Å². The Morgan fingerprint density at radius 1 is 1.38 bits per heavy atom. The van der Waals surface area contributed by atoms with E-state index in [1.54, 1.807) is 6.20 Å². The van der Waals surface area contributed by atoms with Crippen LogP contribution < -0.4 is 15.8 Å². The van der Waals surface area contributed by atoms with E-state index >= 15 is 0 Å². The molecule has 0 saturated carbocycles. The second kappa shape index (κ2) is 8.62. The monoisotopic (exact) mass is 293 g/mol. The molecule has 21 heavy (non-hydrogen) atoms. The summed E-state index contributed by atoms with van der Waals surface area (Å²) in [6.07, 6.45) is 3.62. The van der Waals surface area contributed by atoms with Gasteiger partial charge < -0.3 is 15.8 Å². The van der Waals surface area contributed by atoms with Gasteiger partial charge in [0, 0.05) is 18.8 Å². The molecule has 0 saturated heterocycles. The van der Waals surface area contributed by atoms with Crippen LogP contribution in [0.2, 0.25) is 0 Å². The van der Waals surface area contributed by atoms with Crippen LogP contribution in [0.4, 0.5) is 0 Å². The first-order chi connectivity index (χ1) is 9.97. The molecule has 0 radical (unpaired) electrons. The predicted octanol–water partition coefficient (Wildman–Crippen LogP) is 2.25. The Morgan fingerprint density at radius 2 is 2.10 bits per heavy atom. The van der Waals surface area contributed by atoms with Gasteiger partial charge >= 0.3 is 0 Å². The summed E-state index contributed by atoms with van der Waals surface area (Å²) >= 11 is 0. The molecule has 0 aromatic carbocycles. The zero-order valence-electron chi connectivity index (χ0n) is 13.4. The quantitative estimate of drug-likeness (QED) is 0.770. The molecular formula is C16H27N3O2. The van der Waals surface area contributed by atoms with Crippen LogP contribution in [-0.2, 0) is 11.3 Å². The van der Waals surface area contributed by atoms with Crippen LogP contribution in [-0.4, -0.2) is 23.0 Å². The van der Waals surface area contributed by atoms with Crippen molar-refractivity contribution in [3.8, 4) is 5.88 Å². The average molecular weight is 293 g/mol. The third kappa shape index (κ3) is 5.71. The van der Waals surface area contributed by atoms with Gasteiger partial charge in [0.25, 0.3) is 0 Å². The zero-order chi connectivity index (χ0) is 15.8. The van der Waals surface area contributed by atoms with Crippen molar-refractivity contribution in [1.29, 1.82) is 0 Å². The predicted molar refractivity (Wildman–Crippen MR) is 83.9 cm³/mol. The Hall–Kier alpha value is -1.62. The van der Waals surface area contributed by atoms with Crippen LogP contribution in [0.1, 0.15) is 46.1 Å². The van der Waals surface area contributed by atoms with Gasteiger partial charge in [-0.2, -0.15) is 0 Å².